The summed E-state index contributed by atoms with van der Waals surface area (Å²) in [5.41, 5.74) is 0.672. The second kappa shape index (κ2) is 10.8. The van der Waals surface area contributed by atoms with Crippen LogP contribution in [-0.4, -0.2) is 51.4 Å². The number of ether oxygens (including phenoxy) is 2. The number of nitrogens with one attached hydrogen (secondary N) is 3. The summed E-state index contributed by atoms with van der Waals surface area (Å²) in [6, 6.07) is 8.11. The molecule has 0 saturated heterocycles. The van der Waals surface area contributed by atoms with E-state index in [9.17, 15) is 4.79 Å². The van der Waals surface area contributed by atoms with Gasteiger partial charge in [0.1, 0.15) is 11.4 Å². The maximum atomic E-state index is 11.6. The maximum Gasteiger partial charge on any atom is 0.407 e. The predicted molar refractivity (Wildman–Crippen MR) is 114 cm³/mol. The lowest BCUT2D eigenvalue weighted by molar-refractivity contribution is 0.0527. The van der Waals surface area contributed by atoms with Gasteiger partial charge in [-0.1, -0.05) is 26.0 Å². The number of aliphatic imine (C=N–C) groups is 1. The lowest BCUT2D eigenvalue weighted by Gasteiger charge is -2.27. The highest BCUT2D eigenvalue weighted by Gasteiger charge is 2.21. The van der Waals surface area contributed by atoms with Crippen molar-refractivity contribution < 1.29 is 14.3 Å². The van der Waals surface area contributed by atoms with E-state index < -0.39 is 11.7 Å². The summed E-state index contributed by atoms with van der Waals surface area (Å²) >= 11 is 0. The Labute approximate surface area is 169 Å². The summed E-state index contributed by atoms with van der Waals surface area (Å²) in [4.78, 5) is 15.9. The van der Waals surface area contributed by atoms with E-state index in [2.05, 4.69) is 46.9 Å². The average Bonchev–Trinajstić information content (AvgIpc) is 2.62. The van der Waals surface area contributed by atoms with E-state index in [1.165, 1.54) is 5.56 Å². The lowest BCUT2D eigenvalue weighted by Crippen LogP contribution is -2.44. The first-order valence-electron chi connectivity index (χ1n) is 9.63. The summed E-state index contributed by atoms with van der Waals surface area (Å²) in [6.07, 6.45) is 0.373. The fourth-order valence-corrected chi connectivity index (χ4v) is 2.47. The molecule has 7 heteroatoms. The van der Waals surface area contributed by atoms with Gasteiger partial charge in [0.2, 0.25) is 0 Å². The third-order valence-electron chi connectivity index (χ3n) is 4.11. The first kappa shape index (κ1) is 23.6. The maximum absolute atomic E-state index is 11.6. The molecule has 0 aliphatic heterocycles. The lowest BCUT2D eigenvalue weighted by atomic mass is 9.84. The Morgan fingerprint density at radius 3 is 2.14 bits per heavy atom. The molecule has 0 spiro atoms. The number of hydrogen-bond donors (Lipinski definition) is 3. The number of alkyl carbamates (subject to hydrolysis) is 1. The number of carbonyl (C=O) groups excluding carboxylic acids is 1. The van der Waals surface area contributed by atoms with Crippen molar-refractivity contribution in [3.05, 3.63) is 29.8 Å². The predicted octanol–water partition coefficient (Wildman–Crippen LogP) is 3.05. The van der Waals surface area contributed by atoms with Gasteiger partial charge < -0.3 is 25.4 Å². The number of methoxy groups -OCH3 is 1. The fraction of sp³-hybridized carbons (Fsp3) is 0.619. The van der Waals surface area contributed by atoms with Crippen LogP contribution in [-0.2, 0) is 10.2 Å². The Hall–Kier alpha value is -2.44. The van der Waals surface area contributed by atoms with Gasteiger partial charge in [-0.3, -0.25) is 4.99 Å². The molecular formula is C21H36N4O3. The third-order valence-corrected chi connectivity index (χ3v) is 4.11. The molecule has 7 nitrogen and oxygen atoms in total. The second-order valence-electron chi connectivity index (χ2n) is 8.25. The van der Waals surface area contributed by atoms with Crippen LogP contribution in [0.25, 0.3) is 0 Å². The number of hydrogen-bond acceptors (Lipinski definition) is 4. The van der Waals surface area contributed by atoms with Crippen molar-refractivity contribution in [2.24, 2.45) is 4.99 Å². The summed E-state index contributed by atoms with van der Waals surface area (Å²) in [5.74, 6) is 1.59. The summed E-state index contributed by atoms with van der Waals surface area (Å²) < 4.78 is 10.4. The van der Waals surface area contributed by atoms with E-state index >= 15 is 0 Å². The molecule has 0 unspecified atom stereocenters. The molecule has 1 aromatic carbocycles. The minimum atomic E-state index is -0.481. The van der Waals surface area contributed by atoms with E-state index in [1.54, 1.807) is 14.2 Å². The molecule has 28 heavy (non-hydrogen) atoms. The largest absolute Gasteiger partial charge is 0.497 e. The molecule has 0 aliphatic carbocycles. The Kier molecular flexibility index (Phi) is 9.09. The molecule has 0 saturated carbocycles. The zero-order valence-corrected chi connectivity index (χ0v) is 18.3. The Morgan fingerprint density at radius 1 is 1.00 bits per heavy atom. The molecular weight excluding hydrogens is 356 g/mol. The number of guanidine groups is 1. The molecule has 3 N–H and O–H groups in total. The van der Waals surface area contributed by atoms with Crippen LogP contribution in [0.5, 0.6) is 5.75 Å². The van der Waals surface area contributed by atoms with Gasteiger partial charge in [0.15, 0.2) is 5.96 Å². The Balaban J connectivity index is 2.35. The first-order valence-corrected chi connectivity index (χ1v) is 9.63. The van der Waals surface area contributed by atoms with Crippen LogP contribution in [0.15, 0.2) is 29.3 Å². The highest BCUT2D eigenvalue weighted by Crippen LogP contribution is 2.24. The molecule has 0 heterocycles. The molecule has 1 rings (SSSR count). The number of nitrogens with zero attached hydrogens (tertiary/aromatic N) is 1. The zero-order valence-electron chi connectivity index (χ0n) is 18.3. The highest BCUT2D eigenvalue weighted by atomic mass is 16.6. The van der Waals surface area contributed by atoms with Crippen LogP contribution in [0.1, 0.15) is 46.6 Å². The summed E-state index contributed by atoms with van der Waals surface area (Å²) in [7, 11) is 3.41. The normalized spacial score (nSPS) is 12.3. The zero-order chi connectivity index (χ0) is 21.2. The quantitative estimate of drug-likeness (QED) is 0.360. The molecule has 0 fully saturated rings. The van der Waals surface area contributed by atoms with Gasteiger partial charge in [-0.05, 0) is 44.9 Å². The minimum Gasteiger partial charge on any atom is -0.497 e. The van der Waals surface area contributed by atoms with Crippen molar-refractivity contribution in [3.8, 4) is 5.75 Å². The molecule has 0 aliphatic rings. The molecule has 0 radical (unpaired) electrons. The van der Waals surface area contributed by atoms with Gasteiger partial charge in [0.25, 0.3) is 0 Å². The van der Waals surface area contributed by atoms with Crippen molar-refractivity contribution in [2.45, 2.75) is 52.1 Å². The molecule has 158 valence electrons. The van der Waals surface area contributed by atoms with E-state index in [1.807, 2.05) is 32.9 Å². The van der Waals surface area contributed by atoms with Gasteiger partial charge in [0.05, 0.1) is 7.11 Å². The topological polar surface area (TPSA) is 84.0 Å². The van der Waals surface area contributed by atoms with E-state index in [0.717, 1.165) is 24.7 Å². The average molecular weight is 393 g/mol. The van der Waals surface area contributed by atoms with Crippen molar-refractivity contribution in [1.82, 2.24) is 16.0 Å². The van der Waals surface area contributed by atoms with Crippen molar-refractivity contribution in [1.29, 1.82) is 0 Å². The SMILES string of the molecule is CN=C(NCCCNC(=O)OC(C)(C)C)NCC(C)(C)c1ccc(OC)cc1. The van der Waals surface area contributed by atoms with Crippen LogP contribution in [0, 0.1) is 0 Å². The van der Waals surface area contributed by atoms with Gasteiger partial charge in [-0.25, -0.2) is 4.79 Å². The van der Waals surface area contributed by atoms with Crippen LogP contribution in [0.2, 0.25) is 0 Å². The van der Waals surface area contributed by atoms with Crippen LogP contribution < -0.4 is 20.7 Å². The van der Waals surface area contributed by atoms with Crippen molar-refractivity contribution >= 4 is 12.1 Å². The number of benzene rings is 1. The van der Waals surface area contributed by atoms with Gasteiger partial charge in [-0.2, -0.15) is 0 Å². The van der Waals surface area contributed by atoms with Crippen LogP contribution in [0.4, 0.5) is 4.79 Å². The summed E-state index contributed by atoms with van der Waals surface area (Å²) in [6.45, 7) is 11.9. The molecule has 0 atom stereocenters. The van der Waals surface area contributed by atoms with Crippen LogP contribution >= 0.6 is 0 Å². The Bertz CT molecular complexity index is 634. The Morgan fingerprint density at radius 2 is 1.61 bits per heavy atom. The smallest absolute Gasteiger partial charge is 0.407 e. The molecule has 1 amide bonds. The van der Waals surface area contributed by atoms with Gasteiger partial charge >= 0.3 is 6.09 Å². The van der Waals surface area contributed by atoms with Crippen molar-refractivity contribution in [2.75, 3.05) is 33.8 Å². The van der Waals surface area contributed by atoms with E-state index in [4.69, 9.17) is 9.47 Å². The standard InChI is InChI=1S/C21H36N4O3/c1-20(2,3)28-19(26)24-14-8-13-23-18(22-6)25-15-21(4,5)16-9-11-17(27-7)12-10-16/h9-12H,8,13-15H2,1-7H3,(H,24,26)(H2,22,23,25). The first-order chi connectivity index (χ1) is 13.1. The monoisotopic (exact) mass is 392 g/mol. The number of carbonyl (C=O) groups is 1. The third kappa shape index (κ3) is 8.97. The molecule has 1 aromatic rings. The number of rotatable bonds is 8. The van der Waals surface area contributed by atoms with Crippen molar-refractivity contribution in [3.63, 3.8) is 0 Å². The second-order valence-corrected chi connectivity index (χ2v) is 8.25. The van der Waals surface area contributed by atoms with Gasteiger partial charge in [-0.15, -0.1) is 0 Å². The highest BCUT2D eigenvalue weighted by molar-refractivity contribution is 5.79. The molecule has 0 bridgehead atoms. The number of amides is 1. The summed E-state index contributed by atoms with van der Waals surface area (Å²) in [5, 5.41) is 9.37. The fourth-order valence-electron chi connectivity index (χ4n) is 2.47. The van der Waals surface area contributed by atoms with E-state index in [-0.39, 0.29) is 5.41 Å². The molecule has 0 aromatic heterocycles. The minimum absolute atomic E-state index is 0.0673. The van der Waals surface area contributed by atoms with Crippen LogP contribution in [0.3, 0.4) is 0 Å². The van der Waals surface area contributed by atoms with Gasteiger partial charge in [0, 0.05) is 32.1 Å². The van der Waals surface area contributed by atoms with E-state index in [0.29, 0.717) is 13.1 Å².